The van der Waals surface area contributed by atoms with Crippen molar-refractivity contribution >= 4 is 0 Å². The van der Waals surface area contributed by atoms with Crippen LogP contribution in [0.15, 0.2) is 12.1 Å². The predicted molar refractivity (Wildman–Crippen MR) is 73.1 cm³/mol. The number of hydrogen-bond donors (Lipinski definition) is 1. The largest absolute Gasteiger partial charge is 0.496 e. The summed E-state index contributed by atoms with van der Waals surface area (Å²) in [5.41, 5.74) is 3.18. The molecular weight excluding hydrogens is 226 g/mol. The third-order valence-corrected chi connectivity index (χ3v) is 3.64. The number of rotatable bonds is 4. The molecule has 100 valence electrons. The van der Waals surface area contributed by atoms with Crippen molar-refractivity contribution < 1.29 is 9.84 Å². The number of aryl methyl sites for hydroxylation is 2. The average molecular weight is 249 g/mol. The summed E-state index contributed by atoms with van der Waals surface area (Å²) in [6, 6.07) is 4.12. The van der Waals surface area contributed by atoms with Crippen molar-refractivity contribution in [3.8, 4) is 5.75 Å². The Bertz CT molecular complexity index is 411. The number of aliphatic hydroxyl groups excluding tert-OH is 1. The third-order valence-electron chi connectivity index (χ3n) is 3.64. The van der Waals surface area contributed by atoms with Crippen molar-refractivity contribution in [2.75, 3.05) is 26.7 Å². The van der Waals surface area contributed by atoms with Gasteiger partial charge in [0.2, 0.25) is 0 Å². The van der Waals surface area contributed by atoms with Crippen LogP contribution in [0.25, 0.3) is 0 Å². The molecule has 3 heteroatoms. The number of ether oxygens (including phenoxy) is 1. The van der Waals surface area contributed by atoms with Gasteiger partial charge in [-0.1, -0.05) is 11.6 Å². The van der Waals surface area contributed by atoms with Gasteiger partial charge in [-0.25, -0.2) is 0 Å². The van der Waals surface area contributed by atoms with Crippen LogP contribution in [-0.4, -0.2) is 36.8 Å². The van der Waals surface area contributed by atoms with Crippen molar-refractivity contribution in [1.29, 1.82) is 0 Å². The first-order chi connectivity index (χ1) is 8.61. The zero-order chi connectivity index (χ0) is 13.1. The van der Waals surface area contributed by atoms with E-state index in [1.165, 1.54) is 18.4 Å². The van der Waals surface area contributed by atoms with Crippen molar-refractivity contribution in [2.45, 2.75) is 32.8 Å². The zero-order valence-electron chi connectivity index (χ0n) is 11.6. The summed E-state index contributed by atoms with van der Waals surface area (Å²) in [5.74, 6) is 0.826. The van der Waals surface area contributed by atoms with Crippen LogP contribution in [0.3, 0.4) is 0 Å². The smallest absolute Gasteiger partial charge is 0.127 e. The Balaban J connectivity index is 2.19. The van der Waals surface area contributed by atoms with E-state index in [4.69, 9.17) is 4.74 Å². The molecule has 1 aromatic carbocycles. The van der Waals surface area contributed by atoms with Crippen molar-refractivity contribution in [3.05, 3.63) is 28.8 Å². The zero-order valence-corrected chi connectivity index (χ0v) is 11.6. The van der Waals surface area contributed by atoms with E-state index in [-0.39, 0.29) is 0 Å². The fourth-order valence-corrected chi connectivity index (χ4v) is 2.82. The minimum Gasteiger partial charge on any atom is -0.496 e. The Morgan fingerprint density at radius 1 is 1.28 bits per heavy atom. The molecule has 1 aliphatic rings. The summed E-state index contributed by atoms with van der Waals surface area (Å²) in [7, 11) is 1.67. The molecule has 1 N–H and O–H groups in total. The minimum absolute atomic E-state index is 0.461. The van der Waals surface area contributed by atoms with Gasteiger partial charge in [0.15, 0.2) is 0 Å². The first-order valence-corrected chi connectivity index (χ1v) is 6.67. The van der Waals surface area contributed by atoms with Crippen LogP contribution < -0.4 is 4.74 Å². The van der Waals surface area contributed by atoms with E-state index in [0.29, 0.717) is 6.54 Å². The molecule has 0 aromatic heterocycles. The SMILES string of the molecule is COc1c(C)cc(C)cc1C(O)CN1CCCC1. The van der Waals surface area contributed by atoms with Crippen LogP contribution >= 0.6 is 0 Å². The monoisotopic (exact) mass is 249 g/mol. The van der Waals surface area contributed by atoms with Crippen LogP contribution in [0.4, 0.5) is 0 Å². The third kappa shape index (κ3) is 2.85. The lowest BCUT2D eigenvalue weighted by Gasteiger charge is -2.22. The van der Waals surface area contributed by atoms with E-state index in [1.54, 1.807) is 7.11 Å². The molecule has 2 rings (SSSR count). The number of likely N-dealkylation sites (tertiary alicyclic amines) is 1. The molecule has 18 heavy (non-hydrogen) atoms. The molecule has 1 heterocycles. The van der Waals surface area contributed by atoms with Crippen molar-refractivity contribution in [3.63, 3.8) is 0 Å². The maximum absolute atomic E-state index is 10.4. The molecule has 0 bridgehead atoms. The Kier molecular flexibility index (Phi) is 4.25. The normalized spacial score (nSPS) is 18.0. The van der Waals surface area contributed by atoms with Crippen LogP contribution in [0.1, 0.15) is 35.6 Å². The van der Waals surface area contributed by atoms with Gasteiger partial charge in [-0.2, -0.15) is 0 Å². The molecule has 0 radical (unpaired) electrons. The molecule has 1 aromatic rings. The molecule has 0 aliphatic carbocycles. The van der Waals surface area contributed by atoms with Crippen LogP contribution in [0, 0.1) is 13.8 Å². The van der Waals surface area contributed by atoms with Gasteiger partial charge in [-0.3, -0.25) is 0 Å². The van der Waals surface area contributed by atoms with Gasteiger partial charge in [0.25, 0.3) is 0 Å². The van der Waals surface area contributed by atoms with Crippen molar-refractivity contribution in [2.24, 2.45) is 0 Å². The second-order valence-electron chi connectivity index (χ2n) is 5.23. The van der Waals surface area contributed by atoms with E-state index < -0.39 is 6.10 Å². The van der Waals surface area contributed by atoms with E-state index in [9.17, 15) is 5.11 Å². The molecule has 0 amide bonds. The summed E-state index contributed by atoms with van der Waals surface area (Å²) in [4.78, 5) is 2.32. The van der Waals surface area contributed by atoms with Crippen LogP contribution in [-0.2, 0) is 0 Å². The predicted octanol–water partition coefficient (Wildman–Crippen LogP) is 2.44. The lowest BCUT2D eigenvalue weighted by molar-refractivity contribution is 0.123. The maximum atomic E-state index is 10.4. The highest BCUT2D eigenvalue weighted by atomic mass is 16.5. The number of aliphatic hydroxyl groups is 1. The molecule has 1 atom stereocenters. The Labute approximate surface area is 109 Å². The molecule has 3 nitrogen and oxygen atoms in total. The summed E-state index contributed by atoms with van der Waals surface area (Å²) in [6.45, 7) is 6.99. The van der Waals surface area contributed by atoms with Gasteiger partial charge < -0.3 is 14.7 Å². The van der Waals surface area contributed by atoms with E-state index in [1.807, 2.05) is 13.0 Å². The first-order valence-electron chi connectivity index (χ1n) is 6.67. The standard InChI is InChI=1S/C15H23NO2/c1-11-8-12(2)15(18-3)13(9-11)14(17)10-16-6-4-5-7-16/h8-9,14,17H,4-7,10H2,1-3H3. The van der Waals surface area contributed by atoms with Crippen molar-refractivity contribution in [1.82, 2.24) is 4.90 Å². The van der Waals surface area contributed by atoms with E-state index >= 15 is 0 Å². The Hall–Kier alpha value is -1.06. The Morgan fingerprint density at radius 2 is 1.94 bits per heavy atom. The molecular formula is C15H23NO2. The van der Waals surface area contributed by atoms with Gasteiger partial charge >= 0.3 is 0 Å². The summed E-state index contributed by atoms with van der Waals surface area (Å²) < 4.78 is 5.44. The highest BCUT2D eigenvalue weighted by Crippen LogP contribution is 2.31. The van der Waals surface area contributed by atoms with Gasteiger partial charge in [-0.05, 0) is 51.4 Å². The Morgan fingerprint density at radius 3 is 2.56 bits per heavy atom. The molecule has 1 unspecified atom stereocenters. The van der Waals surface area contributed by atoms with E-state index in [2.05, 4.69) is 17.9 Å². The number of β-amino-alcohol motifs (C(OH)–C–C–N with tert-alkyl or cyclic N) is 1. The second kappa shape index (κ2) is 5.72. The topological polar surface area (TPSA) is 32.7 Å². The molecule has 0 spiro atoms. The summed E-state index contributed by atoms with van der Waals surface area (Å²) in [5, 5.41) is 10.4. The quantitative estimate of drug-likeness (QED) is 0.889. The van der Waals surface area contributed by atoms with Gasteiger partial charge in [-0.15, -0.1) is 0 Å². The second-order valence-corrected chi connectivity index (χ2v) is 5.23. The fraction of sp³-hybridized carbons (Fsp3) is 0.600. The number of benzene rings is 1. The molecule has 1 saturated heterocycles. The highest BCUT2D eigenvalue weighted by molar-refractivity contribution is 5.45. The van der Waals surface area contributed by atoms with Gasteiger partial charge in [0.1, 0.15) is 5.75 Å². The summed E-state index contributed by atoms with van der Waals surface area (Å²) >= 11 is 0. The number of methoxy groups -OCH3 is 1. The fourth-order valence-electron chi connectivity index (χ4n) is 2.82. The molecule has 0 saturated carbocycles. The van der Waals surface area contributed by atoms with Crippen LogP contribution in [0.2, 0.25) is 0 Å². The van der Waals surface area contributed by atoms with Crippen LogP contribution in [0.5, 0.6) is 5.75 Å². The first kappa shape index (κ1) is 13.4. The number of nitrogens with zero attached hydrogens (tertiary/aromatic N) is 1. The highest BCUT2D eigenvalue weighted by Gasteiger charge is 2.20. The molecule has 1 aliphatic heterocycles. The lowest BCUT2D eigenvalue weighted by atomic mass is 10.0. The minimum atomic E-state index is -0.461. The van der Waals surface area contributed by atoms with Gasteiger partial charge in [0.05, 0.1) is 13.2 Å². The summed E-state index contributed by atoms with van der Waals surface area (Å²) in [6.07, 6.45) is 2.03. The van der Waals surface area contributed by atoms with E-state index in [0.717, 1.165) is 30.0 Å². The molecule has 1 fully saturated rings. The average Bonchev–Trinajstić information content (AvgIpc) is 2.80. The number of hydrogen-bond acceptors (Lipinski definition) is 3. The van der Waals surface area contributed by atoms with Gasteiger partial charge in [0, 0.05) is 12.1 Å². The maximum Gasteiger partial charge on any atom is 0.127 e. The lowest BCUT2D eigenvalue weighted by Crippen LogP contribution is -2.25.